The third-order valence-corrected chi connectivity index (χ3v) is 6.42. The number of aryl methyl sites for hydroxylation is 1. The van der Waals surface area contributed by atoms with E-state index in [0.29, 0.717) is 11.6 Å². The Bertz CT molecular complexity index is 1310. The highest BCUT2D eigenvalue weighted by molar-refractivity contribution is 7.90. The van der Waals surface area contributed by atoms with Crippen molar-refractivity contribution in [1.82, 2.24) is 4.57 Å². The average molecular weight is 452 g/mol. The predicted octanol–water partition coefficient (Wildman–Crippen LogP) is 6.09. The van der Waals surface area contributed by atoms with Crippen LogP contribution in [0.2, 0.25) is 5.02 Å². The summed E-state index contributed by atoms with van der Waals surface area (Å²) >= 11 is 6.33. The summed E-state index contributed by atoms with van der Waals surface area (Å²) in [6.07, 6.45) is 1.21. The monoisotopic (exact) mass is 451 g/mol. The Kier molecular flexibility index (Phi) is 5.90. The minimum Gasteiger partial charge on any atom is -0.488 e. The summed E-state index contributed by atoms with van der Waals surface area (Å²) in [6, 6.07) is 26.4. The number of sulfone groups is 1. The Morgan fingerprint density at radius 1 is 0.903 bits per heavy atom. The first kappa shape index (κ1) is 21.2. The Morgan fingerprint density at radius 2 is 1.61 bits per heavy atom. The van der Waals surface area contributed by atoms with Gasteiger partial charge in [-0.1, -0.05) is 41.9 Å². The van der Waals surface area contributed by atoms with Gasteiger partial charge in [0.15, 0.2) is 9.84 Å². The molecule has 3 aromatic carbocycles. The molecule has 0 spiro atoms. The molecule has 4 aromatic rings. The van der Waals surface area contributed by atoms with E-state index in [1.807, 2.05) is 79.7 Å². The lowest BCUT2D eigenvalue weighted by Crippen LogP contribution is -2.03. The third-order valence-electron chi connectivity index (χ3n) is 5.05. The standard InChI is InChI=1S/C25H22ClNO3S/c1-18-8-14-24(27(18)21-10-12-22(13-11-21)31(2,28)29)23-16-20(26)9-15-25(23)30-17-19-6-4-3-5-7-19/h3-16H,17H2,1-2H3. The number of hydrogen-bond acceptors (Lipinski definition) is 3. The van der Waals surface area contributed by atoms with Gasteiger partial charge in [0.25, 0.3) is 0 Å². The van der Waals surface area contributed by atoms with E-state index in [4.69, 9.17) is 16.3 Å². The molecule has 6 heteroatoms. The molecule has 0 fully saturated rings. The number of ether oxygens (including phenoxy) is 1. The van der Waals surface area contributed by atoms with Gasteiger partial charge in [-0.3, -0.25) is 0 Å². The van der Waals surface area contributed by atoms with Crippen molar-refractivity contribution in [2.75, 3.05) is 6.26 Å². The summed E-state index contributed by atoms with van der Waals surface area (Å²) in [5, 5.41) is 0.611. The highest BCUT2D eigenvalue weighted by atomic mass is 35.5. The molecule has 4 rings (SSSR count). The van der Waals surface area contributed by atoms with E-state index < -0.39 is 9.84 Å². The number of hydrogen-bond donors (Lipinski definition) is 0. The minimum absolute atomic E-state index is 0.289. The molecule has 0 saturated carbocycles. The van der Waals surface area contributed by atoms with Crippen molar-refractivity contribution in [3.63, 3.8) is 0 Å². The van der Waals surface area contributed by atoms with Gasteiger partial charge in [-0.2, -0.15) is 0 Å². The summed E-state index contributed by atoms with van der Waals surface area (Å²) in [7, 11) is -3.25. The number of halogens is 1. The van der Waals surface area contributed by atoms with Crippen LogP contribution in [0, 0.1) is 6.92 Å². The van der Waals surface area contributed by atoms with Crippen LogP contribution in [0.4, 0.5) is 0 Å². The van der Waals surface area contributed by atoms with Gasteiger partial charge in [-0.25, -0.2) is 8.42 Å². The van der Waals surface area contributed by atoms with Gasteiger partial charge in [0, 0.05) is 28.2 Å². The lowest BCUT2D eigenvalue weighted by molar-refractivity contribution is 0.307. The van der Waals surface area contributed by atoms with E-state index in [1.54, 1.807) is 12.1 Å². The van der Waals surface area contributed by atoms with E-state index in [-0.39, 0.29) is 4.90 Å². The van der Waals surface area contributed by atoms with Gasteiger partial charge < -0.3 is 9.30 Å². The van der Waals surface area contributed by atoms with Crippen LogP contribution < -0.4 is 4.74 Å². The smallest absolute Gasteiger partial charge is 0.175 e. The molecule has 0 aliphatic heterocycles. The fraction of sp³-hybridized carbons (Fsp3) is 0.120. The summed E-state index contributed by atoms with van der Waals surface area (Å²) in [4.78, 5) is 0.289. The molecule has 1 heterocycles. The average Bonchev–Trinajstić information content (AvgIpc) is 3.14. The molecule has 31 heavy (non-hydrogen) atoms. The molecule has 0 amide bonds. The molecule has 4 nitrogen and oxygen atoms in total. The fourth-order valence-corrected chi connectivity index (χ4v) is 4.30. The zero-order valence-corrected chi connectivity index (χ0v) is 18.8. The van der Waals surface area contributed by atoms with Crippen LogP contribution in [-0.2, 0) is 16.4 Å². The summed E-state index contributed by atoms with van der Waals surface area (Å²) < 4.78 is 31.8. The highest BCUT2D eigenvalue weighted by Crippen LogP contribution is 2.36. The van der Waals surface area contributed by atoms with Crippen LogP contribution in [0.1, 0.15) is 11.3 Å². The molecule has 0 bridgehead atoms. The summed E-state index contributed by atoms with van der Waals surface area (Å²) in [5.74, 6) is 0.723. The first-order valence-electron chi connectivity index (χ1n) is 9.78. The summed E-state index contributed by atoms with van der Waals surface area (Å²) in [5.41, 5.74) is 4.72. The lowest BCUT2D eigenvalue weighted by Gasteiger charge is -2.16. The lowest BCUT2D eigenvalue weighted by atomic mass is 10.1. The Labute approximate surface area is 187 Å². The number of nitrogens with zero attached hydrogens (tertiary/aromatic N) is 1. The summed E-state index contributed by atoms with van der Waals surface area (Å²) in [6.45, 7) is 2.45. The Hall–Kier alpha value is -3.02. The maximum absolute atomic E-state index is 11.8. The molecule has 0 N–H and O–H groups in total. The van der Waals surface area contributed by atoms with Gasteiger partial charge in [-0.05, 0) is 67.1 Å². The number of benzene rings is 3. The molecule has 1 aromatic heterocycles. The van der Waals surface area contributed by atoms with Crippen molar-refractivity contribution in [3.05, 3.63) is 101 Å². The number of aromatic nitrogens is 1. The Morgan fingerprint density at radius 3 is 2.29 bits per heavy atom. The molecule has 0 aliphatic rings. The van der Waals surface area contributed by atoms with Gasteiger partial charge >= 0.3 is 0 Å². The SMILES string of the molecule is Cc1ccc(-c2cc(Cl)ccc2OCc2ccccc2)n1-c1ccc(S(C)(=O)=O)cc1. The zero-order valence-electron chi connectivity index (χ0n) is 17.2. The van der Waals surface area contributed by atoms with Crippen molar-refractivity contribution in [2.45, 2.75) is 18.4 Å². The van der Waals surface area contributed by atoms with Gasteiger partial charge in [0.1, 0.15) is 12.4 Å². The molecule has 0 unspecified atom stereocenters. The second kappa shape index (κ2) is 8.61. The van der Waals surface area contributed by atoms with E-state index >= 15 is 0 Å². The third kappa shape index (κ3) is 4.68. The maximum Gasteiger partial charge on any atom is 0.175 e. The van der Waals surface area contributed by atoms with E-state index in [2.05, 4.69) is 4.57 Å². The molecule has 0 aliphatic carbocycles. The van der Waals surface area contributed by atoms with Crippen LogP contribution in [0.25, 0.3) is 16.9 Å². The topological polar surface area (TPSA) is 48.3 Å². The van der Waals surface area contributed by atoms with Crippen LogP contribution in [0.5, 0.6) is 5.75 Å². The molecule has 0 atom stereocenters. The second-order valence-corrected chi connectivity index (χ2v) is 9.83. The van der Waals surface area contributed by atoms with Crippen molar-refractivity contribution >= 4 is 21.4 Å². The largest absolute Gasteiger partial charge is 0.488 e. The zero-order chi connectivity index (χ0) is 22.0. The van der Waals surface area contributed by atoms with Crippen molar-refractivity contribution in [3.8, 4) is 22.7 Å². The molecule has 0 radical (unpaired) electrons. The molecule has 158 valence electrons. The van der Waals surface area contributed by atoms with Gasteiger partial charge in [0.2, 0.25) is 0 Å². The predicted molar refractivity (Wildman–Crippen MR) is 125 cm³/mol. The maximum atomic E-state index is 11.8. The van der Waals surface area contributed by atoms with Crippen LogP contribution in [-0.4, -0.2) is 19.2 Å². The van der Waals surface area contributed by atoms with Crippen LogP contribution in [0.3, 0.4) is 0 Å². The van der Waals surface area contributed by atoms with Gasteiger partial charge in [0.05, 0.1) is 10.6 Å². The number of rotatable bonds is 6. The quantitative estimate of drug-likeness (QED) is 0.356. The van der Waals surface area contributed by atoms with E-state index in [9.17, 15) is 8.42 Å². The Balaban J connectivity index is 1.75. The van der Waals surface area contributed by atoms with Crippen LogP contribution in [0.15, 0.2) is 89.8 Å². The van der Waals surface area contributed by atoms with E-state index in [0.717, 1.165) is 34.0 Å². The van der Waals surface area contributed by atoms with Crippen molar-refractivity contribution in [1.29, 1.82) is 0 Å². The normalized spacial score (nSPS) is 11.5. The van der Waals surface area contributed by atoms with Crippen molar-refractivity contribution < 1.29 is 13.2 Å². The first-order valence-corrected chi connectivity index (χ1v) is 12.1. The highest BCUT2D eigenvalue weighted by Gasteiger charge is 2.16. The van der Waals surface area contributed by atoms with Crippen LogP contribution >= 0.6 is 11.6 Å². The fourth-order valence-electron chi connectivity index (χ4n) is 3.50. The van der Waals surface area contributed by atoms with Gasteiger partial charge in [-0.15, -0.1) is 0 Å². The second-order valence-electron chi connectivity index (χ2n) is 7.38. The molecular formula is C25H22ClNO3S. The molecular weight excluding hydrogens is 430 g/mol. The minimum atomic E-state index is -3.25. The molecule has 0 saturated heterocycles. The first-order chi connectivity index (χ1) is 14.8. The van der Waals surface area contributed by atoms with Crippen molar-refractivity contribution in [2.24, 2.45) is 0 Å². The van der Waals surface area contributed by atoms with E-state index in [1.165, 1.54) is 6.26 Å².